The lowest BCUT2D eigenvalue weighted by Gasteiger charge is -2.14. The first-order valence-electron chi connectivity index (χ1n) is 8.68. The van der Waals surface area contributed by atoms with Crippen molar-refractivity contribution in [1.82, 2.24) is 0 Å². The predicted molar refractivity (Wildman–Crippen MR) is 100 cm³/mol. The zero-order valence-corrected chi connectivity index (χ0v) is 14.9. The van der Waals surface area contributed by atoms with E-state index >= 15 is 0 Å². The molecule has 1 heterocycles. The molecule has 1 atom stereocenters. The van der Waals surface area contributed by atoms with Crippen LogP contribution in [0.2, 0.25) is 0 Å². The molecule has 2 aromatic rings. The van der Waals surface area contributed by atoms with Crippen LogP contribution in [-0.4, -0.2) is 41.8 Å². The SMILES string of the molecule is Cc1cc(C)c(N2C=[N+]([C@H](CO)Cc3ccccc3)CC2)c(C)c1. The summed E-state index contributed by atoms with van der Waals surface area (Å²) in [6, 6.07) is 15.0. The second-order valence-corrected chi connectivity index (χ2v) is 6.82. The highest BCUT2D eigenvalue weighted by molar-refractivity contribution is 5.81. The van der Waals surface area contributed by atoms with Crippen LogP contribution in [0.15, 0.2) is 42.5 Å². The Hall–Kier alpha value is -2.13. The Bertz CT molecular complexity index is 714. The summed E-state index contributed by atoms with van der Waals surface area (Å²) in [5.41, 5.74) is 6.51. The molecule has 0 saturated carbocycles. The number of benzene rings is 2. The maximum Gasteiger partial charge on any atom is 0.239 e. The highest BCUT2D eigenvalue weighted by Gasteiger charge is 2.28. The fourth-order valence-corrected chi connectivity index (χ4v) is 3.76. The third-order valence-electron chi connectivity index (χ3n) is 4.80. The largest absolute Gasteiger partial charge is 0.392 e. The van der Waals surface area contributed by atoms with E-state index in [0.717, 1.165) is 19.5 Å². The van der Waals surface area contributed by atoms with Crippen LogP contribution in [0.25, 0.3) is 0 Å². The summed E-state index contributed by atoms with van der Waals surface area (Å²) in [5, 5.41) is 9.87. The van der Waals surface area contributed by atoms with Crippen molar-refractivity contribution in [3.8, 4) is 0 Å². The molecule has 0 spiro atoms. The molecule has 0 saturated heterocycles. The lowest BCUT2D eigenvalue weighted by atomic mass is 10.0. The second kappa shape index (κ2) is 7.18. The Labute approximate surface area is 144 Å². The van der Waals surface area contributed by atoms with Gasteiger partial charge in [-0.15, -0.1) is 0 Å². The molecule has 0 fully saturated rings. The normalized spacial score (nSPS) is 15.5. The molecule has 1 aliphatic rings. The molecule has 126 valence electrons. The molecular weight excluding hydrogens is 296 g/mol. The van der Waals surface area contributed by atoms with E-state index in [1.54, 1.807) is 0 Å². The first-order valence-corrected chi connectivity index (χ1v) is 8.68. The zero-order valence-electron chi connectivity index (χ0n) is 14.9. The average molecular weight is 323 g/mol. The number of nitrogens with zero attached hydrogens (tertiary/aromatic N) is 2. The Morgan fingerprint density at radius 1 is 1.08 bits per heavy atom. The van der Waals surface area contributed by atoms with Crippen molar-refractivity contribution in [2.75, 3.05) is 24.6 Å². The van der Waals surface area contributed by atoms with E-state index in [4.69, 9.17) is 0 Å². The highest BCUT2D eigenvalue weighted by atomic mass is 16.3. The van der Waals surface area contributed by atoms with Gasteiger partial charge in [-0.2, -0.15) is 0 Å². The minimum atomic E-state index is 0.128. The van der Waals surface area contributed by atoms with Gasteiger partial charge in [0, 0.05) is 6.42 Å². The van der Waals surface area contributed by atoms with Gasteiger partial charge in [0.25, 0.3) is 0 Å². The van der Waals surface area contributed by atoms with Crippen LogP contribution in [0.3, 0.4) is 0 Å². The summed E-state index contributed by atoms with van der Waals surface area (Å²) < 4.78 is 2.28. The molecule has 3 nitrogen and oxygen atoms in total. The quantitative estimate of drug-likeness (QED) is 0.856. The summed E-state index contributed by atoms with van der Waals surface area (Å²) in [6.45, 7) is 8.59. The van der Waals surface area contributed by atoms with Gasteiger partial charge in [0.15, 0.2) is 0 Å². The van der Waals surface area contributed by atoms with Crippen molar-refractivity contribution in [2.24, 2.45) is 0 Å². The van der Waals surface area contributed by atoms with Crippen LogP contribution in [0, 0.1) is 20.8 Å². The van der Waals surface area contributed by atoms with Gasteiger partial charge < -0.3 is 5.11 Å². The number of aliphatic hydroxyl groups excluding tert-OH is 1. The van der Waals surface area contributed by atoms with Crippen LogP contribution in [0.5, 0.6) is 0 Å². The van der Waals surface area contributed by atoms with Crippen LogP contribution in [0.4, 0.5) is 5.69 Å². The zero-order chi connectivity index (χ0) is 17.1. The minimum Gasteiger partial charge on any atom is -0.392 e. The number of aryl methyl sites for hydroxylation is 3. The van der Waals surface area contributed by atoms with Gasteiger partial charge in [0.05, 0.1) is 6.61 Å². The molecule has 0 aromatic heterocycles. The Morgan fingerprint density at radius 2 is 1.75 bits per heavy atom. The lowest BCUT2D eigenvalue weighted by molar-refractivity contribution is -0.555. The first-order chi connectivity index (χ1) is 11.6. The lowest BCUT2D eigenvalue weighted by Crippen LogP contribution is -2.31. The van der Waals surface area contributed by atoms with Gasteiger partial charge in [-0.3, -0.25) is 4.58 Å². The van der Waals surface area contributed by atoms with E-state index in [9.17, 15) is 5.11 Å². The van der Waals surface area contributed by atoms with Gasteiger partial charge in [-0.25, -0.2) is 4.90 Å². The molecular formula is C21H27N2O+. The number of rotatable bonds is 5. The van der Waals surface area contributed by atoms with Crippen LogP contribution >= 0.6 is 0 Å². The molecule has 3 rings (SSSR count). The maximum atomic E-state index is 9.87. The fourth-order valence-electron chi connectivity index (χ4n) is 3.76. The van der Waals surface area contributed by atoms with E-state index in [2.05, 4.69) is 73.0 Å². The summed E-state index contributed by atoms with van der Waals surface area (Å²) in [6.07, 6.45) is 3.06. The third kappa shape index (κ3) is 3.51. The molecule has 2 aromatic carbocycles. The minimum absolute atomic E-state index is 0.128. The summed E-state index contributed by atoms with van der Waals surface area (Å²) in [7, 11) is 0. The molecule has 1 N–H and O–H groups in total. The number of aliphatic hydroxyl groups is 1. The second-order valence-electron chi connectivity index (χ2n) is 6.82. The highest BCUT2D eigenvalue weighted by Crippen LogP contribution is 2.26. The summed E-state index contributed by atoms with van der Waals surface area (Å²) >= 11 is 0. The van der Waals surface area contributed by atoms with Crippen molar-refractivity contribution >= 4 is 12.0 Å². The smallest absolute Gasteiger partial charge is 0.239 e. The Kier molecular flexibility index (Phi) is 5.00. The van der Waals surface area contributed by atoms with Gasteiger partial charge >= 0.3 is 0 Å². The maximum absolute atomic E-state index is 9.87. The topological polar surface area (TPSA) is 26.5 Å². The first kappa shape index (κ1) is 16.7. The molecule has 3 heteroatoms. The molecule has 0 aliphatic carbocycles. The van der Waals surface area contributed by atoms with Crippen molar-refractivity contribution in [1.29, 1.82) is 0 Å². The molecule has 0 amide bonds. The summed E-state index contributed by atoms with van der Waals surface area (Å²) in [4.78, 5) is 2.33. The van der Waals surface area contributed by atoms with Gasteiger partial charge in [-0.05, 0) is 37.5 Å². The van der Waals surface area contributed by atoms with Crippen LogP contribution in [-0.2, 0) is 6.42 Å². The van der Waals surface area contributed by atoms with Gasteiger partial charge in [0.1, 0.15) is 24.8 Å². The number of anilines is 1. The van der Waals surface area contributed by atoms with Crippen molar-refractivity contribution in [3.63, 3.8) is 0 Å². The van der Waals surface area contributed by atoms with Crippen molar-refractivity contribution < 1.29 is 9.68 Å². The molecule has 0 radical (unpaired) electrons. The molecule has 24 heavy (non-hydrogen) atoms. The van der Waals surface area contributed by atoms with E-state index in [1.807, 2.05) is 6.07 Å². The fraction of sp³-hybridized carbons (Fsp3) is 0.381. The van der Waals surface area contributed by atoms with Crippen LogP contribution in [0.1, 0.15) is 22.3 Å². The van der Waals surface area contributed by atoms with E-state index in [-0.39, 0.29) is 12.6 Å². The Morgan fingerprint density at radius 3 is 2.38 bits per heavy atom. The predicted octanol–water partition coefficient (Wildman–Crippen LogP) is 3.08. The monoisotopic (exact) mass is 323 g/mol. The van der Waals surface area contributed by atoms with Gasteiger partial charge in [0.2, 0.25) is 6.34 Å². The molecule has 1 aliphatic heterocycles. The van der Waals surface area contributed by atoms with Crippen LogP contribution < -0.4 is 4.90 Å². The third-order valence-corrected chi connectivity index (χ3v) is 4.80. The van der Waals surface area contributed by atoms with E-state index in [1.165, 1.54) is 27.9 Å². The van der Waals surface area contributed by atoms with E-state index < -0.39 is 0 Å². The Balaban J connectivity index is 1.82. The van der Waals surface area contributed by atoms with Gasteiger partial charge in [-0.1, -0.05) is 48.0 Å². The number of hydrogen-bond acceptors (Lipinski definition) is 2. The van der Waals surface area contributed by atoms with Crippen molar-refractivity contribution in [2.45, 2.75) is 33.2 Å². The summed E-state index contributed by atoms with van der Waals surface area (Å²) in [5.74, 6) is 0. The number of hydrogen-bond donors (Lipinski definition) is 1. The average Bonchev–Trinajstić information content (AvgIpc) is 3.02. The molecule has 0 bridgehead atoms. The standard InChI is InChI=1S/C21H27N2O/c1-16-11-17(2)21(18(3)12-16)23-10-9-22(15-23)20(14-24)13-19-7-5-4-6-8-19/h4-8,11-12,15,20,24H,9-10,13-14H2,1-3H3/q+1/t20-/m0/s1. The van der Waals surface area contributed by atoms with Crippen molar-refractivity contribution in [3.05, 3.63) is 64.7 Å². The molecule has 0 unspecified atom stereocenters. The van der Waals surface area contributed by atoms with E-state index in [0.29, 0.717) is 0 Å².